The highest BCUT2D eigenvalue weighted by atomic mass is 15.2. The minimum Gasteiger partial charge on any atom is -0.354 e. The van der Waals surface area contributed by atoms with E-state index >= 15 is 0 Å². The molecule has 1 aliphatic heterocycles. The van der Waals surface area contributed by atoms with Gasteiger partial charge in [0, 0.05) is 30.1 Å². The number of anilines is 1. The van der Waals surface area contributed by atoms with Crippen molar-refractivity contribution in [3.05, 3.63) is 35.9 Å². The van der Waals surface area contributed by atoms with Gasteiger partial charge in [0.2, 0.25) is 0 Å². The molecule has 2 aromatic rings. The second-order valence-corrected chi connectivity index (χ2v) is 6.03. The molecule has 0 saturated carbocycles. The maximum atomic E-state index is 4.97. The molecule has 0 aliphatic carbocycles. The van der Waals surface area contributed by atoms with Crippen LogP contribution < -0.4 is 10.2 Å². The van der Waals surface area contributed by atoms with Crippen molar-refractivity contribution < 1.29 is 0 Å². The van der Waals surface area contributed by atoms with Crippen LogP contribution in [0.4, 0.5) is 5.82 Å². The van der Waals surface area contributed by atoms with Gasteiger partial charge in [-0.1, -0.05) is 25.1 Å². The Bertz CT molecular complexity index is 608. The Morgan fingerprint density at radius 2 is 2.19 bits per heavy atom. The summed E-state index contributed by atoms with van der Waals surface area (Å²) < 4.78 is 0. The maximum absolute atomic E-state index is 4.97. The van der Waals surface area contributed by atoms with Gasteiger partial charge in [-0.2, -0.15) is 0 Å². The summed E-state index contributed by atoms with van der Waals surface area (Å²) in [6.45, 7) is 7.61. The monoisotopic (exact) mass is 283 g/mol. The summed E-state index contributed by atoms with van der Waals surface area (Å²) >= 11 is 0. The molecular formula is C18H25N3. The molecule has 1 fully saturated rings. The summed E-state index contributed by atoms with van der Waals surface area (Å²) in [4.78, 5) is 7.45. The van der Waals surface area contributed by atoms with E-state index < -0.39 is 0 Å². The topological polar surface area (TPSA) is 28.2 Å². The number of aromatic nitrogens is 1. The third-order valence-corrected chi connectivity index (χ3v) is 4.35. The van der Waals surface area contributed by atoms with Crippen molar-refractivity contribution in [1.82, 2.24) is 10.3 Å². The van der Waals surface area contributed by atoms with Crippen LogP contribution >= 0.6 is 0 Å². The second-order valence-electron chi connectivity index (χ2n) is 6.03. The first-order valence-corrected chi connectivity index (χ1v) is 8.15. The van der Waals surface area contributed by atoms with Gasteiger partial charge in [0.05, 0.1) is 5.52 Å². The van der Waals surface area contributed by atoms with Crippen LogP contribution in [0, 0.1) is 0 Å². The van der Waals surface area contributed by atoms with Gasteiger partial charge in [0.15, 0.2) is 0 Å². The van der Waals surface area contributed by atoms with E-state index in [1.54, 1.807) is 0 Å². The van der Waals surface area contributed by atoms with Crippen molar-refractivity contribution in [1.29, 1.82) is 0 Å². The molecule has 112 valence electrons. The molecule has 1 aromatic carbocycles. The Balaban J connectivity index is 1.99. The Kier molecular flexibility index (Phi) is 4.39. The van der Waals surface area contributed by atoms with Gasteiger partial charge in [-0.15, -0.1) is 0 Å². The quantitative estimate of drug-likeness (QED) is 0.848. The average Bonchev–Trinajstić information content (AvgIpc) is 2.93. The first-order valence-electron chi connectivity index (χ1n) is 8.15. The van der Waals surface area contributed by atoms with Crippen LogP contribution in [-0.4, -0.2) is 24.1 Å². The molecule has 21 heavy (non-hydrogen) atoms. The fourth-order valence-corrected chi connectivity index (χ4v) is 3.18. The van der Waals surface area contributed by atoms with Gasteiger partial charge in [-0.3, -0.25) is 0 Å². The van der Waals surface area contributed by atoms with Crippen molar-refractivity contribution in [3.63, 3.8) is 0 Å². The molecule has 1 saturated heterocycles. The lowest BCUT2D eigenvalue weighted by Crippen LogP contribution is -2.29. The average molecular weight is 283 g/mol. The number of nitrogens with one attached hydrogen (secondary N) is 1. The van der Waals surface area contributed by atoms with Crippen molar-refractivity contribution in [3.8, 4) is 0 Å². The summed E-state index contributed by atoms with van der Waals surface area (Å²) in [7, 11) is 0. The number of nitrogens with zero attached hydrogens (tertiary/aromatic N) is 2. The summed E-state index contributed by atoms with van der Waals surface area (Å²) in [5.41, 5.74) is 2.43. The Labute approximate surface area is 127 Å². The summed E-state index contributed by atoms with van der Waals surface area (Å²) in [6, 6.07) is 11.3. The zero-order valence-corrected chi connectivity index (χ0v) is 13.1. The fraction of sp³-hybridized carbons (Fsp3) is 0.500. The van der Waals surface area contributed by atoms with Gasteiger partial charge < -0.3 is 10.2 Å². The standard InChI is InChI=1S/C18H25N3/c1-3-10-19-13-16-12-15-8-4-5-9-17(15)20-18(16)21-11-6-7-14(21)2/h4-5,8-9,12,14,19H,3,6-7,10-11,13H2,1-2H3. The highest BCUT2D eigenvalue weighted by molar-refractivity contribution is 5.82. The van der Waals surface area contributed by atoms with Crippen LogP contribution in [0.15, 0.2) is 30.3 Å². The van der Waals surface area contributed by atoms with E-state index in [0.29, 0.717) is 6.04 Å². The minimum atomic E-state index is 0.601. The molecule has 2 heterocycles. The molecule has 1 N–H and O–H groups in total. The summed E-state index contributed by atoms with van der Waals surface area (Å²) in [5, 5.41) is 4.77. The van der Waals surface area contributed by atoms with Crippen molar-refractivity contribution in [2.75, 3.05) is 18.0 Å². The van der Waals surface area contributed by atoms with E-state index in [1.165, 1.54) is 29.6 Å². The molecule has 1 aromatic heterocycles. The predicted octanol–water partition coefficient (Wildman–Crippen LogP) is 3.72. The molecule has 1 atom stereocenters. The number of hydrogen-bond donors (Lipinski definition) is 1. The van der Waals surface area contributed by atoms with Crippen LogP contribution in [0.3, 0.4) is 0 Å². The first-order chi connectivity index (χ1) is 10.3. The lowest BCUT2D eigenvalue weighted by Gasteiger charge is -2.26. The van der Waals surface area contributed by atoms with Gasteiger partial charge in [0.1, 0.15) is 5.82 Å². The van der Waals surface area contributed by atoms with Crippen LogP contribution in [0.2, 0.25) is 0 Å². The number of hydrogen-bond acceptors (Lipinski definition) is 3. The highest BCUT2D eigenvalue weighted by Gasteiger charge is 2.24. The van der Waals surface area contributed by atoms with Crippen LogP contribution in [0.1, 0.15) is 38.7 Å². The van der Waals surface area contributed by atoms with Gasteiger partial charge in [-0.05, 0) is 44.9 Å². The van der Waals surface area contributed by atoms with Gasteiger partial charge in [0.25, 0.3) is 0 Å². The van der Waals surface area contributed by atoms with E-state index in [4.69, 9.17) is 4.98 Å². The minimum absolute atomic E-state index is 0.601. The molecule has 0 spiro atoms. The highest BCUT2D eigenvalue weighted by Crippen LogP contribution is 2.29. The predicted molar refractivity (Wildman–Crippen MR) is 89.8 cm³/mol. The number of benzene rings is 1. The largest absolute Gasteiger partial charge is 0.354 e. The van der Waals surface area contributed by atoms with Crippen molar-refractivity contribution >= 4 is 16.7 Å². The van der Waals surface area contributed by atoms with E-state index in [-0.39, 0.29) is 0 Å². The third kappa shape index (κ3) is 3.03. The van der Waals surface area contributed by atoms with Gasteiger partial charge >= 0.3 is 0 Å². The van der Waals surface area contributed by atoms with E-state index in [1.807, 2.05) is 0 Å². The number of para-hydroxylation sites is 1. The van der Waals surface area contributed by atoms with Crippen LogP contribution in [-0.2, 0) is 6.54 Å². The van der Waals surface area contributed by atoms with E-state index in [2.05, 4.69) is 54.4 Å². The zero-order valence-electron chi connectivity index (χ0n) is 13.1. The summed E-state index contributed by atoms with van der Waals surface area (Å²) in [5.74, 6) is 1.18. The fourth-order valence-electron chi connectivity index (χ4n) is 3.18. The van der Waals surface area contributed by atoms with E-state index in [9.17, 15) is 0 Å². The normalized spacial score (nSPS) is 18.6. The molecule has 3 rings (SSSR count). The molecule has 3 nitrogen and oxygen atoms in total. The smallest absolute Gasteiger partial charge is 0.134 e. The first kappa shape index (κ1) is 14.3. The summed E-state index contributed by atoms with van der Waals surface area (Å²) in [6.07, 6.45) is 3.71. The molecular weight excluding hydrogens is 258 g/mol. The molecule has 1 unspecified atom stereocenters. The van der Waals surface area contributed by atoms with Crippen molar-refractivity contribution in [2.24, 2.45) is 0 Å². The Hall–Kier alpha value is -1.61. The van der Waals surface area contributed by atoms with Crippen LogP contribution in [0.5, 0.6) is 0 Å². The third-order valence-electron chi connectivity index (χ3n) is 4.35. The van der Waals surface area contributed by atoms with Gasteiger partial charge in [-0.25, -0.2) is 4.98 Å². The molecule has 0 amide bonds. The molecule has 0 radical (unpaired) electrons. The SMILES string of the molecule is CCCNCc1cc2ccccc2nc1N1CCCC1C. The van der Waals surface area contributed by atoms with Crippen molar-refractivity contribution in [2.45, 2.75) is 45.7 Å². The Morgan fingerprint density at radius 3 is 2.95 bits per heavy atom. The molecule has 0 bridgehead atoms. The lowest BCUT2D eigenvalue weighted by atomic mass is 10.1. The van der Waals surface area contributed by atoms with E-state index in [0.717, 1.165) is 31.6 Å². The zero-order chi connectivity index (χ0) is 14.7. The van der Waals surface area contributed by atoms with Crippen LogP contribution in [0.25, 0.3) is 10.9 Å². The maximum Gasteiger partial charge on any atom is 0.134 e. The Morgan fingerprint density at radius 1 is 1.33 bits per heavy atom. The molecule has 1 aliphatic rings. The number of pyridine rings is 1. The lowest BCUT2D eigenvalue weighted by molar-refractivity contribution is 0.666. The molecule has 3 heteroatoms. The number of rotatable bonds is 5. The second kappa shape index (κ2) is 6.44. The number of fused-ring (bicyclic) bond motifs is 1.